The minimum Gasteiger partial charge on any atom is -0.313 e. The van der Waals surface area contributed by atoms with Gasteiger partial charge in [0.1, 0.15) is 0 Å². The summed E-state index contributed by atoms with van der Waals surface area (Å²) in [5.41, 5.74) is 0. The zero-order valence-electron chi connectivity index (χ0n) is 7.19. The average molecular weight is 141 g/mol. The number of rotatable bonds is 6. The third kappa shape index (κ3) is 5.80. The second kappa shape index (κ2) is 6.79. The molecule has 0 spiro atoms. The topological polar surface area (TPSA) is 23.9 Å². The molecule has 0 aliphatic rings. The van der Waals surface area contributed by atoms with Gasteiger partial charge in [-0.05, 0) is 25.0 Å². The van der Waals surface area contributed by atoms with E-state index in [0.717, 1.165) is 12.3 Å². The molecule has 0 aliphatic heterocycles. The molecule has 0 unspecified atom stereocenters. The van der Waals surface area contributed by atoms with E-state index >= 15 is 0 Å². The zero-order chi connectivity index (χ0) is 7.82. The van der Waals surface area contributed by atoms with Crippen LogP contribution in [0.1, 0.15) is 46.0 Å². The number of hydrogen-bond donors (Lipinski definition) is 1. The van der Waals surface area contributed by atoms with Crippen LogP contribution in [0.15, 0.2) is 0 Å². The minimum atomic E-state index is 0.866. The molecule has 0 amide bonds. The van der Waals surface area contributed by atoms with Gasteiger partial charge in [0.15, 0.2) is 0 Å². The van der Waals surface area contributed by atoms with E-state index in [2.05, 4.69) is 13.8 Å². The van der Waals surface area contributed by atoms with E-state index in [1.54, 1.807) is 0 Å². The fourth-order valence-electron chi connectivity index (χ4n) is 1.21. The van der Waals surface area contributed by atoms with Gasteiger partial charge in [0, 0.05) is 0 Å². The molecule has 0 saturated heterocycles. The van der Waals surface area contributed by atoms with Gasteiger partial charge in [0.2, 0.25) is 0 Å². The van der Waals surface area contributed by atoms with Crippen molar-refractivity contribution in [3.05, 3.63) is 0 Å². The molecular formula is C9H19N. The van der Waals surface area contributed by atoms with Crippen LogP contribution in [-0.2, 0) is 0 Å². The van der Waals surface area contributed by atoms with Crippen molar-refractivity contribution in [3.63, 3.8) is 0 Å². The highest BCUT2D eigenvalue weighted by Crippen LogP contribution is 2.12. The van der Waals surface area contributed by atoms with Gasteiger partial charge in [0.25, 0.3) is 0 Å². The van der Waals surface area contributed by atoms with Crippen LogP contribution in [0.3, 0.4) is 0 Å². The SMILES string of the molecule is CCC[C@H](C)CCCC=N. The molecule has 60 valence electrons. The second-order valence-electron chi connectivity index (χ2n) is 3.03. The molecule has 0 aliphatic carbocycles. The Labute approximate surface area is 64.3 Å². The lowest BCUT2D eigenvalue weighted by molar-refractivity contribution is 0.475. The Hall–Kier alpha value is -0.330. The molecule has 0 heterocycles. The van der Waals surface area contributed by atoms with Gasteiger partial charge in [-0.25, -0.2) is 0 Å². The van der Waals surface area contributed by atoms with Crippen molar-refractivity contribution in [1.82, 2.24) is 0 Å². The highest BCUT2D eigenvalue weighted by Gasteiger charge is 1.98. The highest BCUT2D eigenvalue weighted by atomic mass is 14.3. The van der Waals surface area contributed by atoms with Gasteiger partial charge in [0.05, 0.1) is 0 Å². The summed E-state index contributed by atoms with van der Waals surface area (Å²) in [6, 6.07) is 0. The Balaban J connectivity index is 3.04. The van der Waals surface area contributed by atoms with E-state index in [1.807, 2.05) is 0 Å². The van der Waals surface area contributed by atoms with Crippen molar-refractivity contribution in [2.24, 2.45) is 5.92 Å². The van der Waals surface area contributed by atoms with E-state index in [1.165, 1.54) is 31.9 Å². The number of hydrogen-bond acceptors (Lipinski definition) is 1. The normalized spacial score (nSPS) is 13.0. The summed E-state index contributed by atoms with van der Waals surface area (Å²) in [5.74, 6) is 0.866. The molecule has 0 aromatic rings. The van der Waals surface area contributed by atoms with E-state index in [0.29, 0.717) is 0 Å². The molecule has 0 aromatic carbocycles. The van der Waals surface area contributed by atoms with Crippen molar-refractivity contribution in [2.75, 3.05) is 0 Å². The standard InChI is InChI=1S/C9H19N/c1-3-6-9(2)7-4-5-8-10/h8-10H,3-7H2,1-2H3/t9-/m0/s1. The van der Waals surface area contributed by atoms with Crippen LogP contribution in [0.5, 0.6) is 0 Å². The molecule has 0 fully saturated rings. The maximum atomic E-state index is 6.82. The number of nitrogens with one attached hydrogen (secondary N) is 1. The molecule has 1 atom stereocenters. The summed E-state index contributed by atoms with van der Waals surface area (Å²) in [7, 11) is 0. The molecule has 0 rings (SSSR count). The zero-order valence-corrected chi connectivity index (χ0v) is 7.19. The van der Waals surface area contributed by atoms with Crippen LogP contribution >= 0.6 is 0 Å². The van der Waals surface area contributed by atoms with Gasteiger partial charge in [-0.1, -0.05) is 33.1 Å². The Kier molecular flexibility index (Phi) is 6.56. The Morgan fingerprint density at radius 3 is 2.60 bits per heavy atom. The van der Waals surface area contributed by atoms with Crippen molar-refractivity contribution in [2.45, 2.75) is 46.0 Å². The molecule has 0 saturated carbocycles. The highest BCUT2D eigenvalue weighted by molar-refractivity contribution is 5.52. The largest absolute Gasteiger partial charge is 0.313 e. The van der Waals surface area contributed by atoms with Crippen LogP contribution in [-0.4, -0.2) is 6.21 Å². The smallest absolute Gasteiger partial charge is 0.00477 e. The van der Waals surface area contributed by atoms with Crippen molar-refractivity contribution in [3.8, 4) is 0 Å². The summed E-state index contributed by atoms with van der Waals surface area (Å²) in [5, 5.41) is 6.82. The molecule has 10 heavy (non-hydrogen) atoms. The fraction of sp³-hybridized carbons (Fsp3) is 0.889. The van der Waals surface area contributed by atoms with Gasteiger partial charge in [-0.2, -0.15) is 0 Å². The quantitative estimate of drug-likeness (QED) is 0.433. The second-order valence-corrected chi connectivity index (χ2v) is 3.03. The van der Waals surface area contributed by atoms with Crippen LogP contribution in [0, 0.1) is 11.3 Å². The van der Waals surface area contributed by atoms with Gasteiger partial charge < -0.3 is 5.41 Å². The Morgan fingerprint density at radius 1 is 1.40 bits per heavy atom. The van der Waals surface area contributed by atoms with Crippen molar-refractivity contribution >= 4 is 6.21 Å². The first kappa shape index (κ1) is 9.67. The summed E-state index contributed by atoms with van der Waals surface area (Å²) in [4.78, 5) is 0. The summed E-state index contributed by atoms with van der Waals surface area (Å²) >= 11 is 0. The monoisotopic (exact) mass is 141 g/mol. The Bertz CT molecular complexity index is 78.8. The molecular weight excluding hydrogens is 122 g/mol. The lowest BCUT2D eigenvalue weighted by Gasteiger charge is -2.07. The summed E-state index contributed by atoms with van der Waals surface area (Å²) < 4.78 is 0. The first-order valence-corrected chi connectivity index (χ1v) is 4.30. The molecule has 0 radical (unpaired) electrons. The third-order valence-electron chi connectivity index (χ3n) is 1.83. The first-order chi connectivity index (χ1) is 4.81. The molecule has 0 bridgehead atoms. The van der Waals surface area contributed by atoms with Crippen LogP contribution < -0.4 is 0 Å². The van der Waals surface area contributed by atoms with E-state index in [4.69, 9.17) is 5.41 Å². The first-order valence-electron chi connectivity index (χ1n) is 4.30. The molecule has 0 aromatic heterocycles. The van der Waals surface area contributed by atoms with E-state index in [9.17, 15) is 0 Å². The average Bonchev–Trinajstić information content (AvgIpc) is 1.89. The maximum absolute atomic E-state index is 6.82. The van der Waals surface area contributed by atoms with Crippen LogP contribution in [0.25, 0.3) is 0 Å². The Morgan fingerprint density at radius 2 is 2.10 bits per heavy atom. The van der Waals surface area contributed by atoms with Gasteiger partial charge in [-0.3, -0.25) is 0 Å². The van der Waals surface area contributed by atoms with E-state index in [-0.39, 0.29) is 0 Å². The van der Waals surface area contributed by atoms with Crippen LogP contribution in [0.4, 0.5) is 0 Å². The minimum absolute atomic E-state index is 0.866. The van der Waals surface area contributed by atoms with Crippen molar-refractivity contribution < 1.29 is 0 Å². The predicted molar refractivity (Wildman–Crippen MR) is 46.7 cm³/mol. The van der Waals surface area contributed by atoms with Gasteiger partial charge in [-0.15, -0.1) is 0 Å². The maximum Gasteiger partial charge on any atom is -0.00477 e. The molecule has 1 nitrogen and oxygen atoms in total. The van der Waals surface area contributed by atoms with Gasteiger partial charge >= 0.3 is 0 Å². The lowest BCUT2D eigenvalue weighted by Crippen LogP contribution is -1.93. The van der Waals surface area contributed by atoms with Crippen molar-refractivity contribution in [1.29, 1.82) is 5.41 Å². The molecule has 1 heteroatoms. The summed E-state index contributed by atoms with van der Waals surface area (Å²) in [6.45, 7) is 4.53. The molecule has 1 N–H and O–H groups in total. The third-order valence-corrected chi connectivity index (χ3v) is 1.83. The predicted octanol–water partition coefficient (Wildman–Crippen LogP) is 3.24. The number of unbranched alkanes of at least 4 members (excludes halogenated alkanes) is 1. The fourth-order valence-corrected chi connectivity index (χ4v) is 1.21. The lowest BCUT2D eigenvalue weighted by atomic mass is 10.00. The van der Waals surface area contributed by atoms with Crippen LogP contribution in [0.2, 0.25) is 0 Å². The van der Waals surface area contributed by atoms with E-state index < -0.39 is 0 Å². The summed E-state index contributed by atoms with van der Waals surface area (Å²) in [6.07, 6.45) is 7.62.